The highest BCUT2D eigenvalue weighted by Crippen LogP contribution is 2.13. The zero-order chi connectivity index (χ0) is 19.8. The van der Waals surface area contributed by atoms with E-state index in [9.17, 15) is 14.4 Å². The van der Waals surface area contributed by atoms with Gasteiger partial charge in [-0.1, -0.05) is 6.07 Å². The van der Waals surface area contributed by atoms with Gasteiger partial charge in [0.05, 0.1) is 6.54 Å². The van der Waals surface area contributed by atoms with Crippen LogP contribution in [0.3, 0.4) is 0 Å². The zero-order valence-corrected chi connectivity index (χ0v) is 16.5. The maximum Gasteiger partial charge on any atom is 0.253 e. The van der Waals surface area contributed by atoms with Gasteiger partial charge in [-0.25, -0.2) is 0 Å². The third-order valence-corrected chi connectivity index (χ3v) is 4.84. The second-order valence-corrected chi connectivity index (χ2v) is 6.74. The minimum atomic E-state index is -0.112. The van der Waals surface area contributed by atoms with Gasteiger partial charge in [-0.15, -0.1) is 0 Å². The predicted molar refractivity (Wildman–Crippen MR) is 106 cm³/mol. The molecule has 1 aliphatic heterocycles. The number of benzene rings is 1. The average molecular weight is 374 g/mol. The first-order valence-electron chi connectivity index (χ1n) is 9.61. The molecule has 7 nitrogen and oxygen atoms in total. The summed E-state index contributed by atoms with van der Waals surface area (Å²) in [5, 5.41) is 2.88. The molecular formula is C20H30N4O3. The van der Waals surface area contributed by atoms with E-state index in [0.717, 1.165) is 19.5 Å². The molecule has 1 aromatic carbocycles. The lowest BCUT2D eigenvalue weighted by molar-refractivity contribution is -0.128. The van der Waals surface area contributed by atoms with Crippen LogP contribution in [0.1, 0.15) is 37.6 Å². The van der Waals surface area contributed by atoms with E-state index in [-0.39, 0.29) is 24.3 Å². The molecule has 1 aromatic rings. The molecule has 0 aromatic heterocycles. The van der Waals surface area contributed by atoms with Gasteiger partial charge in [-0.2, -0.15) is 0 Å². The van der Waals surface area contributed by atoms with Gasteiger partial charge in [0.25, 0.3) is 5.91 Å². The molecule has 0 radical (unpaired) electrons. The van der Waals surface area contributed by atoms with E-state index < -0.39 is 0 Å². The summed E-state index contributed by atoms with van der Waals surface area (Å²) in [7, 11) is 0. The van der Waals surface area contributed by atoms with E-state index in [0.29, 0.717) is 37.4 Å². The number of amides is 3. The Bertz CT molecular complexity index is 673. The molecule has 27 heavy (non-hydrogen) atoms. The highest BCUT2D eigenvalue weighted by Gasteiger charge is 2.19. The smallest absolute Gasteiger partial charge is 0.253 e. The maximum absolute atomic E-state index is 12.5. The standard InChI is InChI=1S/C20H30N4O3/c1-4-23(5-2)20(27)17-8-6-9-18(14-17)21-19(26)15-22-10-7-11-24(13-12-22)16(3)25/h6,8-9,14H,4-5,7,10-13,15H2,1-3H3,(H,21,26). The highest BCUT2D eigenvalue weighted by molar-refractivity contribution is 5.97. The highest BCUT2D eigenvalue weighted by atomic mass is 16.2. The molecule has 0 saturated carbocycles. The summed E-state index contributed by atoms with van der Waals surface area (Å²) in [6.45, 7) is 9.92. The summed E-state index contributed by atoms with van der Waals surface area (Å²) in [6, 6.07) is 7.06. The van der Waals surface area contributed by atoms with E-state index in [2.05, 4.69) is 10.2 Å². The fourth-order valence-electron chi connectivity index (χ4n) is 3.27. The number of anilines is 1. The van der Waals surface area contributed by atoms with Gasteiger partial charge in [-0.05, 0) is 38.5 Å². The first kappa shape index (κ1) is 20.9. The van der Waals surface area contributed by atoms with Crippen LogP contribution in [0.2, 0.25) is 0 Å². The second-order valence-electron chi connectivity index (χ2n) is 6.74. The minimum absolute atomic E-state index is 0.0343. The van der Waals surface area contributed by atoms with Crippen molar-refractivity contribution in [3.63, 3.8) is 0 Å². The van der Waals surface area contributed by atoms with Crippen LogP contribution < -0.4 is 5.32 Å². The Balaban J connectivity index is 1.93. The molecule has 0 spiro atoms. The predicted octanol–water partition coefficient (Wildman–Crippen LogP) is 1.66. The van der Waals surface area contributed by atoms with Crippen LogP contribution in [0.5, 0.6) is 0 Å². The van der Waals surface area contributed by atoms with Gasteiger partial charge in [0, 0.05) is 57.4 Å². The number of carbonyl (C=O) groups excluding carboxylic acids is 3. The van der Waals surface area contributed by atoms with Crippen molar-refractivity contribution >= 4 is 23.4 Å². The van der Waals surface area contributed by atoms with Gasteiger partial charge in [0.1, 0.15) is 0 Å². The molecular weight excluding hydrogens is 344 g/mol. The van der Waals surface area contributed by atoms with E-state index in [1.807, 2.05) is 18.7 Å². The lowest BCUT2D eigenvalue weighted by Gasteiger charge is -2.21. The summed E-state index contributed by atoms with van der Waals surface area (Å²) in [4.78, 5) is 42.0. The zero-order valence-electron chi connectivity index (χ0n) is 16.5. The van der Waals surface area contributed by atoms with Crippen LogP contribution >= 0.6 is 0 Å². The van der Waals surface area contributed by atoms with Gasteiger partial charge >= 0.3 is 0 Å². The topological polar surface area (TPSA) is 73.0 Å². The molecule has 3 amide bonds. The van der Waals surface area contributed by atoms with Gasteiger partial charge in [-0.3, -0.25) is 19.3 Å². The molecule has 1 aliphatic rings. The summed E-state index contributed by atoms with van der Waals surface area (Å²) in [6.07, 6.45) is 0.862. The molecule has 7 heteroatoms. The minimum Gasteiger partial charge on any atom is -0.342 e. The van der Waals surface area contributed by atoms with Crippen LogP contribution in [0.15, 0.2) is 24.3 Å². The number of hydrogen-bond donors (Lipinski definition) is 1. The number of rotatable bonds is 6. The van der Waals surface area contributed by atoms with E-state index in [1.54, 1.807) is 36.1 Å². The van der Waals surface area contributed by atoms with Crippen LogP contribution in [-0.2, 0) is 9.59 Å². The first-order chi connectivity index (χ1) is 12.9. The van der Waals surface area contributed by atoms with Gasteiger partial charge in [0.15, 0.2) is 0 Å². The number of nitrogens with one attached hydrogen (secondary N) is 1. The largest absolute Gasteiger partial charge is 0.342 e. The van der Waals surface area contributed by atoms with Crippen molar-refractivity contribution in [1.82, 2.24) is 14.7 Å². The number of hydrogen-bond acceptors (Lipinski definition) is 4. The van der Waals surface area contributed by atoms with Crippen molar-refractivity contribution in [2.45, 2.75) is 27.2 Å². The lowest BCUT2D eigenvalue weighted by Crippen LogP contribution is -2.37. The number of nitrogens with zero attached hydrogens (tertiary/aromatic N) is 3. The fourth-order valence-corrected chi connectivity index (χ4v) is 3.27. The van der Waals surface area contributed by atoms with E-state index in [4.69, 9.17) is 0 Å². The third kappa shape index (κ3) is 6.06. The Morgan fingerprint density at radius 1 is 1.07 bits per heavy atom. The van der Waals surface area contributed by atoms with Crippen LogP contribution in [0.25, 0.3) is 0 Å². The summed E-state index contributed by atoms with van der Waals surface area (Å²) < 4.78 is 0. The molecule has 0 unspecified atom stereocenters. The maximum atomic E-state index is 12.5. The van der Waals surface area contributed by atoms with E-state index >= 15 is 0 Å². The van der Waals surface area contributed by atoms with Crippen LogP contribution in [0, 0.1) is 0 Å². The van der Waals surface area contributed by atoms with Crippen molar-refractivity contribution in [3.05, 3.63) is 29.8 Å². The lowest BCUT2D eigenvalue weighted by atomic mass is 10.1. The molecule has 1 heterocycles. The Morgan fingerprint density at radius 2 is 1.81 bits per heavy atom. The fraction of sp³-hybridized carbons (Fsp3) is 0.550. The van der Waals surface area contributed by atoms with Crippen molar-refractivity contribution in [2.75, 3.05) is 51.1 Å². The van der Waals surface area contributed by atoms with Crippen LogP contribution in [0.4, 0.5) is 5.69 Å². The van der Waals surface area contributed by atoms with Gasteiger partial charge in [0.2, 0.25) is 11.8 Å². The Labute approximate surface area is 161 Å². The van der Waals surface area contributed by atoms with Gasteiger partial charge < -0.3 is 15.1 Å². The summed E-state index contributed by atoms with van der Waals surface area (Å²) in [5.41, 5.74) is 1.20. The molecule has 1 fully saturated rings. The van der Waals surface area contributed by atoms with E-state index in [1.165, 1.54) is 0 Å². The molecule has 0 atom stereocenters. The van der Waals surface area contributed by atoms with Crippen molar-refractivity contribution in [1.29, 1.82) is 0 Å². The third-order valence-electron chi connectivity index (χ3n) is 4.84. The Hall–Kier alpha value is -2.41. The Kier molecular flexibility index (Phi) is 7.79. The van der Waals surface area contributed by atoms with Crippen LogP contribution in [-0.4, -0.2) is 78.2 Å². The normalized spacial score (nSPS) is 15.1. The molecule has 1 N–H and O–H groups in total. The van der Waals surface area contributed by atoms with Crippen molar-refractivity contribution in [3.8, 4) is 0 Å². The quantitative estimate of drug-likeness (QED) is 0.822. The van der Waals surface area contributed by atoms with Crippen molar-refractivity contribution < 1.29 is 14.4 Å². The average Bonchev–Trinajstić information content (AvgIpc) is 2.88. The molecule has 0 bridgehead atoms. The molecule has 1 saturated heterocycles. The SMILES string of the molecule is CCN(CC)C(=O)c1cccc(NC(=O)CN2CCCN(C(C)=O)CC2)c1. The summed E-state index contributed by atoms with van der Waals surface area (Å²) >= 11 is 0. The first-order valence-corrected chi connectivity index (χ1v) is 9.61. The molecule has 2 rings (SSSR count). The molecule has 148 valence electrons. The Morgan fingerprint density at radius 3 is 2.48 bits per heavy atom. The monoisotopic (exact) mass is 374 g/mol. The molecule has 0 aliphatic carbocycles. The summed E-state index contributed by atoms with van der Waals surface area (Å²) in [5.74, 6) is -0.0670. The van der Waals surface area contributed by atoms with Crippen molar-refractivity contribution in [2.24, 2.45) is 0 Å². The second kappa shape index (κ2) is 10.1. The number of carbonyl (C=O) groups is 3.